The summed E-state index contributed by atoms with van der Waals surface area (Å²) in [6.45, 7) is 6.90. The maximum atomic E-state index is 5.68. The van der Waals surface area contributed by atoms with Crippen LogP contribution in [0.1, 0.15) is 32.6 Å². The average Bonchev–Trinajstić information content (AvgIpc) is 2.95. The number of thiocarbonyl (C=S) groups is 1. The van der Waals surface area contributed by atoms with Gasteiger partial charge in [0.1, 0.15) is 0 Å². The van der Waals surface area contributed by atoms with Crippen LogP contribution in [0.4, 0.5) is 0 Å². The van der Waals surface area contributed by atoms with Crippen LogP contribution in [-0.4, -0.2) is 55.1 Å². The smallest absolute Gasteiger partial charge is 0.0733 e. The van der Waals surface area contributed by atoms with Crippen LogP contribution in [0, 0.1) is 5.41 Å². The molecule has 0 heterocycles. The van der Waals surface area contributed by atoms with E-state index in [1.165, 1.54) is 38.9 Å². The molecule has 0 aromatic carbocycles. The molecule has 0 atom stereocenters. The van der Waals surface area contributed by atoms with Gasteiger partial charge >= 0.3 is 0 Å². The normalized spacial score (nSPS) is 17.7. The van der Waals surface area contributed by atoms with Gasteiger partial charge in [0.25, 0.3) is 0 Å². The van der Waals surface area contributed by atoms with Crippen LogP contribution < -0.4 is 5.73 Å². The Morgan fingerprint density at radius 3 is 2.35 bits per heavy atom. The third-order valence-corrected chi connectivity index (χ3v) is 3.74. The molecule has 2 N–H and O–H groups in total. The quantitative estimate of drug-likeness (QED) is 0.638. The van der Waals surface area contributed by atoms with Gasteiger partial charge in [-0.1, -0.05) is 19.1 Å². The van der Waals surface area contributed by atoms with Crippen LogP contribution in [0.25, 0.3) is 0 Å². The van der Waals surface area contributed by atoms with E-state index < -0.39 is 0 Å². The third kappa shape index (κ3) is 5.80. The van der Waals surface area contributed by atoms with E-state index in [0.29, 0.717) is 10.4 Å². The Bertz CT molecular complexity index is 249. The fourth-order valence-corrected chi connectivity index (χ4v) is 2.68. The zero-order valence-corrected chi connectivity index (χ0v) is 12.4. The summed E-state index contributed by atoms with van der Waals surface area (Å²) in [5.41, 5.74) is 6.11. The number of rotatable bonds is 9. The van der Waals surface area contributed by atoms with Crippen molar-refractivity contribution in [1.29, 1.82) is 0 Å². The molecule has 0 spiro atoms. The molecular weight excluding hydrogens is 230 g/mol. The maximum absolute atomic E-state index is 5.68. The number of hydrogen-bond donors (Lipinski definition) is 1. The Kier molecular flexibility index (Phi) is 5.83. The first-order valence-corrected chi connectivity index (χ1v) is 7.04. The van der Waals surface area contributed by atoms with Gasteiger partial charge in [0.15, 0.2) is 0 Å². The summed E-state index contributed by atoms with van der Waals surface area (Å²) in [5, 5.41) is 0. The lowest BCUT2D eigenvalue weighted by Crippen LogP contribution is -2.34. The summed E-state index contributed by atoms with van der Waals surface area (Å²) in [6, 6.07) is 0. The summed E-state index contributed by atoms with van der Waals surface area (Å²) in [7, 11) is 4.26. The van der Waals surface area contributed by atoms with Crippen molar-refractivity contribution in [2.75, 3.05) is 40.3 Å². The van der Waals surface area contributed by atoms with Crippen molar-refractivity contribution in [3.05, 3.63) is 0 Å². The van der Waals surface area contributed by atoms with Gasteiger partial charge < -0.3 is 15.5 Å². The minimum Gasteiger partial charge on any atom is -0.393 e. The van der Waals surface area contributed by atoms with E-state index in [-0.39, 0.29) is 0 Å². The molecule has 0 aliphatic heterocycles. The molecule has 0 amide bonds. The summed E-state index contributed by atoms with van der Waals surface area (Å²) >= 11 is 5.05. The van der Waals surface area contributed by atoms with Crippen LogP contribution in [0.15, 0.2) is 0 Å². The Labute approximate surface area is 111 Å². The lowest BCUT2D eigenvalue weighted by Gasteiger charge is -2.26. The van der Waals surface area contributed by atoms with Gasteiger partial charge in [-0.05, 0) is 58.4 Å². The van der Waals surface area contributed by atoms with E-state index in [2.05, 4.69) is 30.8 Å². The van der Waals surface area contributed by atoms with Crippen molar-refractivity contribution < 1.29 is 0 Å². The van der Waals surface area contributed by atoms with E-state index >= 15 is 0 Å². The highest BCUT2D eigenvalue weighted by Crippen LogP contribution is 2.49. The SMILES string of the molecule is CCN(CCCN(C)C)CC1(CC(N)=S)CC1. The van der Waals surface area contributed by atoms with Crippen molar-refractivity contribution in [1.82, 2.24) is 9.80 Å². The van der Waals surface area contributed by atoms with Gasteiger partial charge in [0.05, 0.1) is 4.99 Å². The molecule has 0 bridgehead atoms. The van der Waals surface area contributed by atoms with E-state index in [1.54, 1.807) is 0 Å². The molecule has 1 saturated carbocycles. The molecule has 0 aromatic rings. The molecule has 4 heteroatoms. The minimum absolute atomic E-state index is 0.431. The molecular formula is C13H27N3S. The van der Waals surface area contributed by atoms with Gasteiger partial charge in [0, 0.05) is 13.0 Å². The average molecular weight is 257 g/mol. The molecule has 1 aliphatic carbocycles. The monoisotopic (exact) mass is 257 g/mol. The van der Waals surface area contributed by atoms with Gasteiger partial charge in [0.2, 0.25) is 0 Å². The molecule has 3 nitrogen and oxygen atoms in total. The fourth-order valence-electron chi connectivity index (χ4n) is 2.37. The van der Waals surface area contributed by atoms with E-state index in [9.17, 15) is 0 Å². The molecule has 1 rings (SSSR count). The summed E-state index contributed by atoms with van der Waals surface area (Å²) in [6.07, 6.45) is 4.78. The van der Waals surface area contributed by atoms with Crippen molar-refractivity contribution >= 4 is 17.2 Å². The van der Waals surface area contributed by atoms with Gasteiger partial charge in [-0.3, -0.25) is 0 Å². The first-order valence-electron chi connectivity index (χ1n) is 6.63. The number of nitrogens with zero attached hydrogens (tertiary/aromatic N) is 2. The van der Waals surface area contributed by atoms with Crippen molar-refractivity contribution in [3.63, 3.8) is 0 Å². The molecule has 100 valence electrons. The second-order valence-corrected chi connectivity index (χ2v) is 6.19. The largest absolute Gasteiger partial charge is 0.393 e. The lowest BCUT2D eigenvalue weighted by atomic mass is 10.0. The Balaban J connectivity index is 2.29. The van der Waals surface area contributed by atoms with Crippen molar-refractivity contribution in [2.24, 2.45) is 11.1 Å². The molecule has 0 radical (unpaired) electrons. The molecule has 0 unspecified atom stereocenters. The van der Waals surface area contributed by atoms with E-state index in [4.69, 9.17) is 18.0 Å². The van der Waals surface area contributed by atoms with Crippen molar-refractivity contribution in [3.8, 4) is 0 Å². The molecule has 17 heavy (non-hydrogen) atoms. The first kappa shape index (κ1) is 14.9. The zero-order chi connectivity index (χ0) is 12.9. The Morgan fingerprint density at radius 2 is 1.94 bits per heavy atom. The van der Waals surface area contributed by atoms with Crippen LogP contribution in [0.5, 0.6) is 0 Å². The Morgan fingerprint density at radius 1 is 1.29 bits per heavy atom. The second kappa shape index (κ2) is 6.66. The highest BCUT2D eigenvalue weighted by Gasteiger charge is 2.43. The summed E-state index contributed by atoms with van der Waals surface area (Å²) in [4.78, 5) is 5.48. The second-order valence-electron chi connectivity index (χ2n) is 5.67. The van der Waals surface area contributed by atoms with Gasteiger partial charge in [-0.15, -0.1) is 0 Å². The topological polar surface area (TPSA) is 32.5 Å². The summed E-state index contributed by atoms with van der Waals surface area (Å²) < 4.78 is 0. The summed E-state index contributed by atoms with van der Waals surface area (Å²) in [5.74, 6) is 0. The van der Waals surface area contributed by atoms with Crippen LogP contribution in [-0.2, 0) is 0 Å². The molecule has 1 fully saturated rings. The molecule has 0 aromatic heterocycles. The number of hydrogen-bond acceptors (Lipinski definition) is 3. The predicted molar refractivity (Wildman–Crippen MR) is 78.4 cm³/mol. The Hall–Kier alpha value is -0.190. The van der Waals surface area contributed by atoms with E-state index in [1.807, 2.05) is 0 Å². The number of nitrogens with two attached hydrogens (primary N) is 1. The fraction of sp³-hybridized carbons (Fsp3) is 0.923. The van der Waals surface area contributed by atoms with Gasteiger partial charge in [-0.2, -0.15) is 0 Å². The standard InChI is InChI=1S/C13H27N3S/c1-4-16(9-5-8-15(2)3)11-13(6-7-13)10-12(14)17/h4-11H2,1-3H3,(H2,14,17). The highest BCUT2D eigenvalue weighted by molar-refractivity contribution is 7.80. The zero-order valence-electron chi connectivity index (χ0n) is 11.5. The molecule has 0 saturated heterocycles. The van der Waals surface area contributed by atoms with Gasteiger partial charge in [-0.25, -0.2) is 0 Å². The first-order chi connectivity index (χ1) is 7.97. The van der Waals surface area contributed by atoms with Crippen LogP contribution in [0.3, 0.4) is 0 Å². The van der Waals surface area contributed by atoms with E-state index in [0.717, 1.165) is 13.0 Å². The van der Waals surface area contributed by atoms with Crippen LogP contribution >= 0.6 is 12.2 Å². The third-order valence-electron chi connectivity index (χ3n) is 3.59. The lowest BCUT2D eigenvalue weighted by molar-refractivity contribution is 0.221. The van der Waals surface area contributed by atoms with Crippen molar-refractivity contribution in [2.45, 2.75) is 32.6 Å². The molecule has 1 aliphatic rings. The maximum Gasteiger partial charge on any atom is 0.0733 e. The highest BCUT2D eigenvalue weighted by atomic mass is 32.1. The van der Waals surface area contributed by atoms with Crippen LogP contribution in [0.2, 0.25) is 0 Å². The predicted octanol–water partition coefficient (Wildman–Crippen LogP) is 1.72. The minimum atomic E-state index is 0.431.